The second kappa shape index (κ2) is 5.58. The summed E-state index contributed by atoms with van der Waals surface area (Å²) in [6.45, 7) is 6.24. The van der Waals surface area contributed by atoms with Crippen molar-refractivity contribution in [2.75, 3.05) is 13.2 Å². The molecule has 2 N–H and O–H groups in total. The van der Waals surface area contributed by atoms with Crippen LogP contribution >= 0.6 is 12.4 Å². The maximum absolute atomic E-state index is 12.3. The number of carbonyl (C=O) groups is 1. The first kappa shape index (κ1) is 15.1. The van der Waals surface area contributed by atoms with Crippen LogP contribution in [0.3, 0.4) is 0 Å². The van der Waals surface area contributed by atoms with E-state index in [2.05, 4.69) is 24.5 Å². The highest BCUT2D eigenvalue weighted by molar-refractivity contribution is 5.85. The average Bonchev–Trinajstić information content (AvgIpc) is 2.83. The Morgan fingerprint density at radius 2 is 2.11 bits per heavy atom. The van der Waals surface area contributed by atoms with E-state index in [1.54, 1.807) is 0 Å². The zero-order valence-corrected chi connectivity index (χ0v) is 12.6. The number of hydrogen-bond donors (Lipinski definition) is 2. The van der Waals surface area contributed by atoms with Crippen LogP contribution in [0.25, 0.3) is 0 Å². The van der Waals surface area contributed by atoms with Gasteiger partial charge in [0.15, 0.2) is 0 Å². The highest BCUT2D eigenvalue weighted by atomic mass is 35.5. The highest BCUT2D eigenvalue weighted by Gasteiger charge is 2.59. The summed E-state index contributed by atoms with van der Waals surface area (Å²) in [7, 11) is 0. The number of piperidine rings is 1. The zero-order chi connectivity index (χ0) is 12.8. The smallest absolute Gasteiger partial charge is 0.237 e. The Morgan fingerprint density at radius 3 is 2.79 bits per heavy atom. The molecule has 19 heavy (non-hydrogen) atoms. The van der Waals surface area contributed by atoms with E-state index in [1.165, 1.54) is 6.42 Å². The molecular weight excluding hydrogens is 264 g/mol. The van der Waals surface area contributed by atoms with Crippen molar-refractivity contribution in [1.82, 2.24) is 10.6 Å². The quantitative estimate of drug-likeness (QED) is 0.809. The van der Waals surface area contributed by atoms with Crippen LogP contribution in [0.5, 0.6) is 0 Å². The lowest BCUT2D eigenvalue weighted by atomic mass is 9.57. The zero-order valence-electron chi connectivity index (χ0n) is 11.8. The molecule has 2 saturated heterocycles. The molecule has 0 radical (unpaired) electrons. The molecule has 2 aliphatic heterocycles. The van der Waals surface area contributed by atoms with Crippen LogP contribution in [0.4, 0.5) is 0 Å². The lowest BCUT2D eigenvalue weighted by Gasteiger charge is -2.54. The van der Waals surface area contributed by atoms with Crippen LogP contribution in [0.15, 0.2) is 0 Å². The minimum atomic E-state index is 0. The summed E-state index contributed by atoms with van der Waals surface area (Å²) in [5.74, 6) is 0.727. The minimum absolute atomic E-state index is 0. The summed E-state index contributed by atoms with van der Waals surface area (Å²) < 4.78 is 5.76. The Labute approximate surface area is 121 Å². The molecule has 3 fully saturated rings. The molecule has 110 valence electrons. The summed E-state index contributed by atoms with van der Waals surface area (Å²) in [6, 6.07) is 0.317. The van der Waals surface area contributed by atoms with E-state index >= 15 is 0 Å². The van der Waals surface area contributed by atoms with Gasteiger partial charge in [-0.25, -0.2) is 0 Å². The van der Waals surface area contributed by atoms with Crippen LogP contribution in [-0.4, -0.2) is 37.2 Å². The van der Waals surface area contributed by atoms with E-state index in [0.717, 1.165) is 32.4 Å². The topological polar surface area (TPSA) is 50.4 Å². The Balaban J connectivity index is 0.00000133. The van der Waals surface area contributed by atoms with E-state index in [9.17, 15) is 4.79 Å². The molecule has 3 rings (SSSR count). The third-order valence-electron chi connectivity index (χ3n) is 5.03. The number of fused-ring (bicyclic) bond motifs is 1. The largest absolute Gasteiger partial charge is 0.377 e. The van der Waals surface area contributed by atoms with Gasteiger partial charge in [-0.15, -0.1) is 12.4 Å². The molecule has 0 aromatic heterocycles. The first-order valence-electron chi connectivity index (χ1n) is 7.26. The van der Waals surface area contributed by atoms with Gasteiger partial charge in [-0.1, -0.05) is 20.3 Å². The molecule has 2 heterocycles. The van der Waals surface area contributed by atoms with Crippen LogP contribution in [0, 0.1) is 11.3 Å². The Kier molecular flexibility index (Phi) is 4.43. The third-order valence-corrected chi connectivity index (χ3v) is 5.03. The number of halogens is 1. The van der Waals surface area contributed by atoms with Gasteiger partial charge in [-0.2, -0.15) is 0 Å². The van der Waals surface area contributed by atoms with Gasteiger partial charge in [0.2, 0.25) is 5.91 Å². The van der Waals surface area contributed by atoms with Gasteiger partial charge in [0.25, 0.3) is 0 Å². The number of carbonyl (C=O) groups excluding carboxylic acids is 1. The molecule has 1 amide bonds. The van der Waals surface area contributed by atoms with E-state index in [0.29, 0.717) is 18.1 Å². The molecule has 0 aromatic rings. The molecule has 4 atom stereocenters. The molecular formula is C14H25ClN2O2. The van der Waals surface area contributed by atoms with Gasteiger partial charge in [-0.05, 0) is 25.8 Å². The fraction of sp³-hybridized carbons (Fsp3) is 0.929. The van der Waals surface area contributed by atoms with Crippen LogP contribution in [0.1, 0.15) is 39.5 Å². The number of ether oxygens (including phenoxy) is 1. The van der Waals surface area contributed by atoms with Crippen molar-refractivity contribution in [3.8, 4) is 0 Å². The molecule has 0 aromatic carbocycles. The molecule has 4 unspecified atom stereocenters. The summed E-state index contributed by atoms with van der Waals surface area (Å²) in [5, 5.41) is 6.58. The molecule has 4 nitrogen and oxygen atoms in total. The number of amides is 1. The molecule has 1 aliphatic carbocycles. The van der Waals surface area contributed by atoms with Crippen LogP contribution in [-0.2, 0) is 9.53 Å². The van der Waals surface area contributed by atoms with Gasteiger partial charge >= 0.3 is 0 Å². The predicted octanol–water partition coefficient (Wildman–Crippen LogP) is 1.48. The van der Waals surface area contributed by atoms with E-state index in [4.69, 9.17) is 4.74 Å². The molecule has 1 saturated carbocycles. The van der Waals surface area contributed by atoms with Crippen molar-refractivity contribution in [2.24, 2.45) is 11.3 Å². The number of hydrogen-bond acceptors (Lipinski definition) is 3. The normalized spacial score (nSPS) is 39.7. The lowest BCUT2D eigenvalue weighted by molar-refractivity contribution is -0.139. The first-order chi connectivity index (χ1) is 8.60. The van der Waals surface area contributed by atoms with E-state index in [-0.39, 0.29) is 29.8 Å². The molecule has 3 aliphatic rings. The monoisotopic (exact) mass is 288 g/mol. The summed E-state index contributed by atoms with van der Waals surface area (Å²) in [6.07, 6.45) is 4.77. The first-order valence-corrected chi connectivity index (χ1v) is 7.26. The SMILES string of the molecule is CC1(C)C(NC(=O)C2CCCCN2)C2CCOC21.Cl. The van der Waals surface area contributed by atoms with Crippen molar-refractivity contribution in [2.45, 2.75) is 57.7 Å². The highest BCUT2D eigenvalue weighted by Crippen LogP contribution is 2.52. The van der Waals surface area contributed by atoms with Crippen molar-refractivity contribution in [3.63, 3.8) is 0 Å². The predicted molar refractivity (Wildman–Crippen MR) is 76.4 cm³/mol. The van der Waals surface area contributed by atoms with Crippen molar-refractivity contribution in [1.29, 1.82) is 0 Å². The Hall–Kier alpha value is -0.320. The fourth-order valence-corrected chi connectivity index (χ4v) is 3.95. The molecule has 5 heteroatoms. The van der Waals surface area contributed by atoms with Gasteiger partial charge < -0.3 is 15.4 Å². The van der Waals surface area contributed by atoms with Gasteiger partial charge in [-0.3, -0.25) is 4.79 Å². The van der Waals surface area contributed by atoms with Crippen molar-refractivity contribution >= 4 is 18.3 Å². The van der Waals surface area contributed by atoms with Crippen molar-refractivity contribution in [3.05, 3.63) is 0 Å². The van der Waals surface area contributed by atoms with E-state index in [1.807, 2.05) is 0 Å². The third kappa shape index (κ3) is 2.50. The Morgan fingerprint density at radius 1 is 1.32 bits per heavy atom. The molecule has 0 bridgehead atoms. The summed E-state index contributed by atoms with van der Waals surface area (Å²) in [5.41, 5.74) is 0.0888. The standard InChI is InChI=1S/C14H24N2O2.ClH/c1-14(2)11(9-6-8-18-12(9)14)16-13(17)10-5-3-4-7-15-10;/h9-12,15H,3-8H2,1-2H3,(H,16,17);1H. The number of rotatable bonds is 2. The van der Waals surface area contributed by atoms with Gasteiger partial charge in [0.1, 0.15) is 0 Å². The maximum Gasteiger partial charge on any atom is 0.237 e. The van der Waals surface area contributed by atoms with Crippen LogP contribution < -0.4 is 10.6 Å². The maximum atomic E-state index is 12.3. The fourth-order valence-electron chi connectivity index (χ4n) is 3.95. The van der Waals surface area contributed by atoms with Crippen LogP contribution in [0.2, 0.25) is 0 Å². The average molecular weight is 289 g/mol. The number of nitrogens with one attached hydrogen (secondary N) is 2. The minimum Gasteiger partial charge on any atom is -0.377 e. The Bertz CT molecular complexity index is 342. The summed E-state index contributed by atoms with van der Waals surface area (Å²) in [4.78, 5) is 12.3. The van der Waals surface area contributed by atoms with Crippen molar-refractivity contribution < 1.29 is 9.53 Å². The summed E-state index contributed by atoms with van der Waals surface area (Å²) >= 11 is 0. The lowest BCUT2D eigenvalue weighted by Crippen LogP contribution is -2.68. The molecule has 0 spiro atoms. The van der Waals surface area contributed by atoms with Gasteiger partial charge in [0.05, 0.1) is 12.1 Å². The second-order valence-corrected chi connectivity index (χ2v) is 6.55. The van der Waals surface area contributed by atoms with E-state index < -0.39 is 0 Å². The van der Waals surface area contributed by atoms with Gasteiger partial charge in [0, 0.05) is 24.0 Å². The second-order valence-electron chi connectivity index (χ2n) is 6.55.